The average molecular weight is 313 g/mol. The summed E-state index contributed by atoms with van der Waals surface area (Å²) in [4.78, 5) is 28.7. The van der Waals surface area contributed by atoms with Crippen molar-refractivity contribution in [3.8, 4) is 0 Å². The van der Waals surface area contributed by atoms with Crippen LogP contribution in [0.3, 0.4) is 0 Å². The molecule has 1 N–H and O–H groups in total. The standard InChI is InChI=1S/C12H13BrN2O3/c1-7-5-15(6-9(7)12(17)18)11(16)10-3-2-8(13)4-14-10/h2-4,7,9H,5-6H2,1H3,(H,17,18)/t7-,9-/m1/s1. The molecular formula is C12H13BrN2O3. The zero-order chi connectivity index (χ0) is 13.3. The summed E-state index contributed by atoms with van der Waals surface area (Å²) in [6.45, 7) is 2.57. The molecule has 0 aliphatic carbocycles. The van der Waals surface area contributed by atoms with Crippen LogP contribution >= 0.6 is 15.9 Å². The summed E-state index contributed by atoms with van der Waals surface area (Å²) in [7, 11) is 0. The van der Waals surface area contributed by atoms with Crippen molar-refractivity contribution in [3.05, 3.63) is 28.5 Å². The summed E-state index contributed by atoms with van der Waals surface area (Å²) in [5, 5.41) is 9.03. The molecule has 1 aromatic rings. The van der Waals surface area contributed by atoms with E-state index in [0.717, 1.165) is 4.47 Å². The van der Waals surface area contributed by atoms with Gasteiger partial charge in [-0.1, -0.05) is 6.92 Å². The fourth-order valence-electron chi connectivity index (χ4n) is 2.12. The van der Waals surface area contributed by atoms with Gasteiger partial charge in [0.05, 0.1) is 5.92 Å². The third-order valence-electron chi connectivity index (χ3n) is 3.16. The molecule has 0 bridgehead atoms. The van der Waals surface area contributed by atoms with Crippen LogP contribution in [0.25, 0.3) is 0 Å². The molecular weight excluding hydrogens is 300 g/mol. The lowest BCUT2D eigenvalue weighted by atomic mass is 9.99. The number of amides is 1. The lowest BCUT2D eigenvalue weighted by molar-refractivity contribution is -0.142. The van der Waals surface area contributed by atoms with Crippen LogP contribution in [-0.4, -0.2) is 40.0 Å². The Labute approximate surface area is 113 Å². The molecule has 0 unspecified atom stereocenters. The lowest BCUT2D eigenvalue weighted by Crippen LogP contribution is -2.30. The number of aliphatic carboxylic acids is 1. The molecule has 1 saturated heterocycles. The summed E-state index contributed by atoms with van der Waals surface area (Å²) in [5.41, 5.74) is 0.344. The van der Waals surface area contributed by atoms with Crippen LogP contribution < -0.4 is 0 Å². The average Bonchev–Trinajstić information content (AvgIpc) is 2.71. The summed E-state index contributed by atoms with van der Waals surface area (Å²) < 4.78 is 0.803. The van der Waals surface area contributed by atoms with E-state index in [2.05, 4.69) is 20.9 Å². The van der Waals surface area contributed by atoms with Crippen LogP contribution in [0.5, 0.6) is 0 Å². The van der Waals surface area contributed by atoms with Crippen LogP contribution in [0.15, 0.2) is 22.8 Å². The Bertz CT molecular complexity index is 475. The highest BCUT2D eigenvalue weighted by Crippen LogP contribution is 2.24. The Morgan fingerprint density at radius 1 is 1.44 bits per heavy atom. The van der Waals surface area contributed by atoms with Crippen LogP contribution in [0.2, 0.25) is 0 Å². The van der Waals surface area contributed by atoms with Crippen molar-refractivity contribution in [2.45, 2.75) is 6.92 Å². The summed E-state index contributed by atoms with van der Waals surface area (Å²) in [5.74, 6) is -1.56. The summed E-state index contributed by atoms with van der Waals surface area (Å²) >= 11 is 3.25. The van der Waals surface area contributed by atoms with Gasteiger partial charge in [0.2, 0.25) is 0 Å². The van der Waals surface area contributed by atoms with Gasteiger partial charge in [0.15, 0.2) is 0 Å². The molecule has 1 amide bonds. The number of carbonyl (C=O) groups is 2. The maximum absolute atomic E-state index is 12.1. The van der Waals surface area contributed by atoms with E-state index in [1.165, 1.54) is 0 Å². The van der Waals surface area contributed by atoms with Crippen LogP contribution in [0.1, 0.15) is 17.4 Å². The maximum atomic E-state index is 12.1. The highest BCUT2D eigenvalue weighted by atomic mass is 79.9. The second kappa shape index (κ2) is 5.06. The monoisotopic (exact) mass is 312 g/mol. The van der Waals surface area contributed by atoms with Crippen molar-refractivity contribution in [1.29, 1.82) is 0 Å². The van der Waals surface area contributed by atoms with Gasteiger partial charge in [0, 0.05) is 23.8 Å². The number of rotatable bonds is 2. The van der Waals surface area contributed by atoms with Gasteiger partial charge in [-0.15, -0.1) is 0 Å². The van der Waals surface area contributed by atoms with Crippen molar-refractivity contribution >= 4 is 27.8 Å². The first-order valence-corrected chi connectivity index (χ1v) is 6.42. The number of hydrogen-bond acceptors (Lipinski definition) is 3. The fourth-order valence-corrected chi connectivity index (χ4v) is 2.35. The summed E-state index contributed by atoms with van der Waals surface area (Å²) in [6, 6.07) is 3.37. The molecule has 2 rings (SSSR count). The molecule has 0 radical (unpaired) electrons. The van der Waals surface area contributed by atoms with E-state index < -0.39 is 11.9 Å². The molecule has 0 saturated carbocycles. The second-order valence-corrected chi connectivity index (χ2v) is 5.41. The Morgan fingerprint density at radius 2 is 2.17 bits per heavy atom. The molecule has 5 nitrogen and oxygen atoms in total. The van der Waals surface area contributed by atoms with Gasteiger partial charge in [0.1, 0.15) is 5.69 Å². The lowest BCUT2D eigenvalue weighted by Gasteiger charge is -2.15. The fraction of sp³-hybridized carbons (Fsp3) is 0.417. The van der Waals surface area contributed by atoms with Crippen molar-refractivity contribution in [2.75, 3.05) is 13.1 Å². The molecule has 2 atom stereocenters. The molecule has 0 spiro atoms. The molecule has 2 heterocycles. The van der Waals surface area contributed by atoms with Gasteiger partial charge in [-0.25, -0.2) is 4.98 Å². The van der Waals surface area contributed by atoms with E-state index >= 15 is 0 Å². The van der Waals surface area contributed by atoms with Crippen LogP contribution in [0, 0.1) is 11.8 Å². The molecule has 1 aromatic heterocycles. The van der Waals surface area contributed by atoms with E-state index in [4.69, 9.17) is 5.11 Å². The predicted octanol–water partition coefficient (Wildman–Crippen LogP) is 1.64. The molecule has 96 valence electrons. The quantitative estimate of drug-likeness (QED) is 0.901. The minimum Gasteiger partial charge on any atom is -0.481 e. The van der Waals surface area contributed by atoms with E-state index in [9.17, 15) is 9.59 Å². The SMILES string of the molecule is C[C@@H]1CN(C(=O)c2ccc(Br)cn2)C[C@H]1C(=O)O. The Hall–Kier alpha value is -1.43. The second-order valence-electron chi connectivity index (χ2n) is 4.49. The highest BCUT2D eigenvalue weighted by molar-refractivity contribution is 9.10. The van der Waals surface area contributed by atoms with Crippen molar-refractivity contribution in [3.63, 3.8) is 0 Å². The smallest absolute Gasteiger partial charge is 0.308 e. The molecule has 1 aliphatic rings. The first kappa shape index (κ1) is 13.0. The maximum Gasteiger partial charge on any atom is 0.308 e. The van der Waals surface area contributed by atoms with Gasteiger partial charge in [0.25, 0.3) is 5.91 Å². The molecule has 1 fully saturated rings. The summed E-state index contributed by atoms with van der Waals surface area (Å²) in [6.07, 6.45) is 1.56. The van der Waals surface area contributed by atoms with Crippen molar-refractivity contribution < 1.29 is 14.7 Å². The number of likely N-dealkylation sites (tertiary alicyclic amines) is 1. The number of carboxylic acids is 1. The third kappa shape index (κ3) is 2.53. The number of carboxylic acid groups (broad SMARTS) is 1. The van der Waals surface area contributed by atoms with E-state index in [0.29, 0.717) is 12.2 Å². The van der Waals surface area contributed by atoms with Gasteiger partial charge < -0.3 is 10.0 Å². The third-order valence-corrected chi connectivity index (χ3v) is 3.63. The minimum atomic E-state index is -0.846. The Kier molecular flexibility index (Phi) is 3.65. The zero-order valence-corrected chi connectivity index (χ0v) is 11.4. The van der Waals surface area contributed by atoms with E-state index in [1.54, 1.807) is 23.2 Å². The Balaban J connectivity index is 2.12. The normalized spacial score (nSPS) is 23.1. The zero-order valence-electron chi connectivity index (χ0n) is 9.84. The predicted molar refractivity (Wildman–Crippen MR) is 68.1 cm³/mol. The van der Waals surface area contributed by atoms with E-state index in [-0.39, 0.29) is 18.4 Å². The van der Waals surface area contributed by atoms with E-state index in [1.807, 2.05) is 6.92 Å². The van der Waals surface area contributed by atoms with Gasteiger partial charge in [-0.2, -0.15) is 0 Å². The largest absolute Gasteiger partial charge is 0.481 e. The minimum absolute atomic E-state index is 0.0260. The van der Waals surface area contributed by atoms with Crippen LogP contribution in [-0.2, 0) is 4.79 Å². The topological polar surface area (TPSA) is 70.5 Å². The molecule has 1 aliphatic heterocycles. The van der Waals surface area contributed by atoms with Crippen molar-refractivity contribution in [1.82, 2.24) is 9.88 Å². The molecule has 0 aromatic carbocycles. The first-order chi connectivity index (χ1) is 8.49. The number of nitrogens with zero attached hydrogens (tertiary/aromatic N) is 2. The van der Waals surface area contributed by atoms with Gasteiger partial charge in [-0.3, -0.25) is 9.59 Å². The number of pyridine rings is 1. The number of carbonyl (C=O) groups excluding carboxylic acids is 1. The Morgan fingerprint density at radius 3 is 2.67 bits per heavy atom. The number of halogens is 1. The van der Waals surface area contributed by atoms with Crippen molar-refractivity contribution in [2.24, 2.45) is 11.8 Å². The highest BCUT2D eigenvalue weighted by Gasteiger charge is 2.37. The molecule has 18 heavy (non-hydrogen) atoms. The first-order valence-electron chi connectivity index (χ1n) is 5.62. The number of hydrogen-bond donors (Lipinski definition) is 1. The molecule has 6 heteroatoms. The van der Waals surface area contributed by atoms with Gasteiger partial charge in [-0.05, 0) is 34.0 Å². The van der Waals surface area contributed by atoms with Crippen LogP contribution in [0.4, 0.5) is 0 Å². The van der Waals surface area contributed by atoms with Gasteiger partial charge >= 0.3 is 5.97 Å². The number of aromatic nitrogens is 1.